The summed E-state index contributed by atoms with van der Waals surface area (Å²) in [4.78, 5) is 0. The Labute approximate surface area is 105 Å². The minimum Gasteiger partial charge on any atom is -0.324 e. The van der Waals surface area contributed by atoms with Crippen LogP contribution in [0.3, 0.4) is 0 Å². The Morgan fingerprint density at radius 2 is 1.78 bits per heavy atom. The highest BCUT2D eigenvalue weighted by Gasteiger charge is 2.11. The van der Waals surface area contributed by atoms with Crippen LogP contribution in [0.15, 0.2) is 36.4 Å². The van der Waals surface area contributed by atoms with Gasteiger partial charge in [0.1, 0.15) is 11.6 Å². The van der Waals surface area contributed by atoms with Crippen molar-refractivity contribution in [1.29, 1.82) is 0 Å². The van der Waals surface area contributed by atoms with E-state index in [1.165, 1.54) is 18.2 Å². The minimum atomic E-state index is -0.351. The van der Waals surface area contributed by atoms with Crippen LogP contribution in [0.25, 0.3) is 11.1 Å². The maximum atomic E-state index is 13.6. The van der Waals surface area contributed by atoms with Gasteiger partial charge in [-0.05, 0) is 54.3 Å². The molecule has 1 atom stereocenters. The van der Waals surface area contributed by atoms with E-state index < -0.39 is 0 Å². The maximum absolute atomic E-state index is 13.6. The predicted molar refractivity (Wildman–Crippen MR) is 69.1 cm³/mol. The molecule has 94 valence electrons. The zero-order valence-electron chi connectivity index (χ0n) is 10.4. The van der Waals surface area contributed by atoms with Gasteiger partial charge in [-0.2, -0.15) is 0 Å². The van der Waals surface area contributed by atoms with Crippen LogP contribution in [-0.2, 0) is 0 Å². The predicted octanol–water partition coefficient (Wildman–Crippen LogP) is 3.96. The molecule has 3 heteroatoms. The zero-order valence-corrected chi connectivity index (χ0v) is 10.4. The van der Waals surface area contributed by atoms with Crippen molar-refractivity contribution in [2.75, 3.05) is 0 Å². The number of rotatable bonds is 2. The van der Waals surface area contributed by atoms with Crippen LogP contribution in [0.5, 0.6) is 0 Å². The first kappa shape index (κ1) is 12.7. The van der Waals surface area contributed by atoms with Crippen LogP contribution in [-0.4, -0.2) is 0 Å². The average Bonchev–Trinajstić information content (AvgIpc) is 2.32. The van der Waals surface area contributed by atoms with Crippen molar-refractivity contribution in [2.45, 2.75) is 19.9 Å². The number of hydrogen-bond acceptors (Lipinski definition) is 1. The van der Waals surface area contributed by atoms with Crippen molar-refractivity contribution >= 4 is 0 Å². The summed E-state index contributed by atoms with van der Waals surface area (Å²) >= 11 is 0. The number of nitrogens with two attached hydrogens (primary N) is 1. The lowest BCUT2D eigenvalue weighted by molar-refractivity contribution is 0.618. The molecule has 2 aromatic rings. The van der Waals surface area contributed by atoms with Gasteiger partial charge in [-0.25, -0.2) is 8.78 Å². The second-order valence-electron chi connectivity index (χ2n) is 4.48. The lowest BCUT2D eigenvalue weighted by Gasteiger charge is -2.13. The molecule has 2 rings (SSSR count). The van der Waals surface area contributed by atoms with Crippen molar-refractivity contribution in [3.63, 3.8) is 0 Å². The number of aryl methyl sites for hydroxylation is 1. The lowest BCUT2D eigenvalue weighted by Crippen LogP contribution is -2.07. The van der Waals surface area contributed by atoms with Crippen LogP contribution < -0.4 is 5.73 Å². The molecule has 2 N–H and O–H groups in total. The Hall–Kier alpha value is -1.74. The monoisotopic (exact) mass is 247 g/mol. The highest BCUT2D eigenvalue weighted by Crippen LogP contribution is 2.29. The van der Waals surface area contributed by atoms with Gasteiger partial charge in [0.2, 0.25) is 0 Å². The minimum absolute atomic E-state index is 0.232. The van der Waals surface area contributed by atoms with Crippen LogP contribution in [0.2, 0.25) is 0 Å². The molecule has 0 spiro atoms. The average molecular weight is 247 g/mol. The topological polar surface area (TPSA) is 26.0 Å². The first-order chi connectivity index (χ1) is 8.49. The fourth-order valence-electron chi connectivity index (χ4n) is 1.94. The van der Waals surface area contributed by atoms with E-state index in [1.807, 2.05) is 6.92 Å². The molecule has 0 aliphatic carbocycles. The van der Waals surface area contributed by atoms with Crippen LogP contribution in [0, 0.1) is 18.6 Å². The first-order valence-electron chi connectivity index (χ1n) is 5.80. The molecule has 0 saturated heterocycles. The van der Waals surface area contributed by atoms with Gasteiger partial charge in [0, 0.05) is 6.04 Å². The van der Waals surface area contributed by atoms with Gasteiger partial charge in [0.15, 0.2) is 0 Å². The molecule has 0 aliphatic rings. The second kappa shape index (κ2) is 4.86. The Morgan fingerprint density at radius 3 is 2.39 bits per heavy atom. The van der Waals surface area contributed by atoms with E-state index in [1.54, 1.807) is 25.1 Å². The maximum Gasteiger partial charge on any atom is 0.126 e. The Balaban J connectivity index is 2.61. The van der Waals surface area contributed by atoms with E-state index in [0.717, 1.165) is 5.56 Å². The lowest BCUT2D eigenvalue weighted by atomic mass is 9.95. The van der Waals surface area contributed by atoms with E-state index >= 15 is 0 Å². The summed E-state index contributed by atoms with van der Waals surface area (Å²) in [5, 5.41) is 0. The van der Waals surface area contributed by atoms with E-state index in [9.17, 15) is 8.78 Å². The van der Waals surface area contributed by atoms with Crippen molar-refractivity contribution in [3.8, 4) is 11.1 Å². The van der Waals surface area contributed by atoms with Gasteiger partial charge in [-0.15, -0.1) is 0 Å². The van der Waals surface area contributed by atoms with Crippen molar-refractivity contribution < 1.29 is 8.78 Å². The molecule has 0 aliphatic heterocycles. The van der Waals surface area contributed by atoms with Crippen molar-refractivity contribution in [3.05, 3.63) is 59.2 Å². The van der Waals surface area contributed by atoms with Gasteiger partial charge < -0.3 is 5.73 Å². The molecule has 0 amide bonds. The van der Waals surface area contributed by atoms with Crippen LogP contribution in [0.4, 0.5) is 8.78 Å². The SMILES string of the molecule is Cc1ccc(-c2cc(F)ccc2C(C)N)cc1F. The van der Waals surface area contributed by atoms with E-state index in [-0.39, 0.29) is 17.7 Å². The third-order valence-corrected chi connectivity index (χ3v) is 2.99. The third kappa shape index (κ3) is 2.41. The number of benzene rings is 2. The summed E-state index contributed by atoms with van der Waals surface area (Å²) in [6, 6.07) is 9.04. The standard InChI is InChI=1S/C15H15F2N/c1-9-3-4-11(7-15(9)17)14-8-12(16)5-6-13(14)10(2)18/h3-8,10H,18H2,1-2H3. The largest absolute Gasteiger partial charge is 0.324 e. The van der Waals surface area contributed by atoms with Gasteiger partial charge in [0.25, 0.3) is 0 Å². The van der Waals surface area contributed by atoms with Crippen LogP contribution >= 0.6 is 0 Å². The van der Waals surface area contributed by atoms with E-state index in [2.05, 4.69) is 0 Å². The van der Waals surface area contributed by atoms with Crippen molar-refractivity contribution in [1.82, 2.24) is 0 Å². The highest BCUT2D eigenvalue weighted by atomic mass is 19.1. The Morgan fingerprint density at radius 1 is 1.06 bits per heavy atom. The molecule has 0 aromatic heterocycles. The first-order valence-corrected chi connectivity index (χ1v) is 5.80. The highest BCUT2D eigenvalue weighted by molar-refractivity contribution is 5.68. The summed E-state index contributed by atoms with van der Waals surface area (Å²) in [6.45, 7) is 3.51. The second-order valence-corrected chi connectivity index (χ2v) is 4.48. The molecule has 0 saturated carbocycles. The summed E-state index contributed by atoms with van der Waals surface area (Å²) in [6.07, 6.45) is 0. The number of halogens is 2. The molecule has 0 radical (unpaired) electrons. The van der Waals surface area contributed by atoms with Crippen molar-refractivity contribution in [2.24, 2.45) is 5.73 Å². The summed E-state index contributed by atoms with van der Waals surface area (Å²) in [5.41, 5.74) is 8.51. The molecular weight excluding hydrogens is 232 g/mol. The third-order valence-electron chi connectivity index (χ3n) is 2.99. The van der Waals surface area contributed by atoms with Crippen LogP contribution in [0.1, 0.15) is 24.1 Å². The molecular formula is C15H15F2N. The molecule has 0 fully saturated rings. The summed E-state index contributed by atoms with van der Waals surface area (Å²) in [5.74, 6) is -0.650. The van der Waals surface area contributed by atoms with E-state index in [0.29, 0.717) is 16.7 Å². The van der Waals surface area contributed by atoms with E-state index in [4.69, 9.17) is 5.73 Å². The molecule has 1 nitrogen and oxygen atoms in total. The fourth-order valence-corrected chi connectivity index (χ4v) is 1.94. The van der Waals surface area contributed by atoms with Gasteiger partial charge in [-0.3, -0.25) is 0 Å². The molecule has 18 heavy (non-hydrogen) atoms. The molecule has 0 heterocycles. The molecule has 1 unspecified atom stereocenters. The normalized spacial score (nSPS) is 12.5. The Bertz CT molecular complexity index is 577. The zero-order chi connectivity index (χ0) is 13.3. The summed E-state index contributed by atoms with van der Waals surface area (Å²) in [7, 11) is 0. The van der Waals surface area contributed by atoms with Gasteiger partial charge >= 0.3 is 0 Å². The Kier molecular flexibility index (Phi) is 3.43. The fraction of sp³-hybridized carbons (Fsp3) is 0.200. The smallest absolute Gasteiger partial charge is 0.126 e. The molecule has 2 aromatic carbocycles. The molecule has 0 bridgehead atoms. The number of hydrogen-bond donors (Lipinski definition) is 1. The quantitative estimate of drug-likeness (QED) is 0.854. The summed E-state index contributed by atoms with van der Waals surface area (Å²) < 4.78 is 26.9. The van der Waals surface area contributed by atoms with Gasteiger partial charge in [0.05, 0.1) is 0 Å². The van der Waals surface area contributed by atoms with Gasteiger partial charge in [-0.1, -0.05) is 18.2 Å².